The Balaban J connectivity index is 1.58. The van der Waals surface area contributed by atoms with E-state index in [2.05, 4.69) is 9.97 Å². The highest BCUT2D eigenvalue weighted by molar-refractivity contribution is 7.19. The molecule has 2 aromatic heterocycles. The predicted octanol–water partition coefficient (Wildman–Crippen LogP) is 5.31. The molecule has 1 unspecified atom stereocenters. The number of hydrogen-bond donors (Lipinski definition) is 1. The lowest BCUT2D eigenvalue weighted by atomic mass is 9.96. The minimum Gasteiger partial charge on any atom is -0.458 e. The Morgan fingerprint density at radius 3 is 2.83 bits per heavy atom. The third-order valence-corrected chi connectivity index (χ3v) is 6.22. The number of rotatable bonds is 5. The van der Waals surface area contributed by atoms with E-state index in [9.17, 15) is 18.4 Å². The van der Waals surface area contributed by atoms with E-state index < -0.39 is 23.5 Å². The number of carbonyl (C=O) groups is 1. The summed E-state index contributed by atoms with van der Waals surface area (Å²) in [7, 11) is 0. The van der Waals surface area contributed by atoms with Gasteiger partial charge in [-0.2, -0.15) is 0 Å². The van der Waals surface area contributed by atoms with Crippen LogP contribution in [0.2, 0.25) is 5.02 Å². The van der Waals surface area contributed by atoms with E-state index in [4.69, 9.17) is 16.3 Å². The molecule has 0 aliphatic heterocycles. The van der Waals surface area contributed by atoms with Crippen LogP contribution in [0.5, 0.6) is 0 Å². The molecule has 0 spiro atoms. The molecule has 1 atom stereocenters. The van der Waals surface area contributed by atoms with Crippen LogP contribution in [-0.2, 0) is 16.1 Å². The molecule has 154 valence electrons. The fourth-order valence-electron chi connectivity index (χ4n) is 3.26. The standard InChI is InChI=1S/C21H15ClF2N2O3S/c1-2-11(12-7-10-5-3-4-6-15(10)25-20(12)27)21(28)29-9-16-26-18-17(24)14(23)8-13(22)19(18)30-16/h3-8,11H,2,9H2,1H3,(H,25,27). The lowest BCUT2D eigenvalue weighted by molar-refractivity contribution is -0.146. The number of nitrogens with one attached hydrogen (secondary N) is 1. The van der Waals surface area contributed by atoms with E-state index in [1.165, 1.54) is 0 Å². The van der Waals surface area contributed by atoms with Crippen molar-refractivity contribution in [3.05, 3.63) is 74.0 Å². The molecule has 5 nitrogen and oxygen atoms in total. The number of carbonyl (C=O) groups excluding carboxylic acids is 1. The number of hydrogen-bond acceptors (Lipinski definition) is 5. The van der Waals surface area contributed by atoms with Crippen LogP contribution in [0, 0.1) is 11.6 Å². The quantitative estimate of drug-likeness (QED) is 0.332. The molecule has 4 aromatic rings. The fraction of sp³-hybridized carbons (Fsp3) is 0.190. The second kappa shape index (κ2) is 8.12. The van der Waals surface area contributed by atoms with Crippen molar-refractivity contribution < 1.29 is 18.3 Å². The third kappa shape index (κ3) is 3.68. The minimum atomic E-state index is -1.10. The Labute approximate surface area is 178 Å². The molecule has 0 bridgehead atoms. The van der Waals surface area contributed by atoms with Crippen LogP contribution in [0.15, 0.2) is 41.2 Å². The zero-order valence-electron chi connectivity index (χ0n) is 15.7. The Kier molecular flexibility index (Phi) is 5.53. The molecule has 0 aliphatic carbocycles. The van der Waals surface area contributed by atoms with Gasteiger partial charge in [0.05, 0.1) is 15.6 Å². The summed E-state index contributed by atoms with van der Waals surface area (Å²) in [6.45, 7) is 1.54. The summed E-state index contributed by atoms with van der Waals surface area (Å²) >= 11 is 6.96. The lowest BCUT2D eigenvalue weighted by Gasteiger charge is -2.14. The number of halogens is 3. The van der Waals surface area contributed by atoms with Gasteiger partial charge in [0.25, 0.3) is 5.56 Å². The number of benzene rings is 2. The number of nitrogens with zero attached hydrogens (tertiary/aromatic N) is 1. The topological polar surface area (TPSA) is 72.0 Å². The van der Waals surface area contributed by atoms with Crippen molar-refractivity contribution in [2.24, 2.45) is 0 Å². The van der Waals surface area contributed by atoms with Gasteiger partial charge in [-0.25, -0.2) is 13.8 Å². The molecule has 4 rings (SSSR count). The number of para-hydroxylation sites is 1. The molecule has 0 radical (unpaired) electrons. The van der Waals surface area contributed by atoms with Crippen molar-refractivity contribution in [2.45, 2.75) is 25.9 Å². The van der Waals surface area contributed by atoms with E-state index in [1.807, 2.05) is 18.2 Å². The zero-order valence-corrected chi connectivity index (χ0v) is 17.2. The van der Waals surface area contributed by atoms with E-state index in [1.54, 1.807) is 19.1 Å². The van der Waals surface area contributed by atoms with E-state index in [0.29, 0.717) is 17.5 Å². The van der Waals surface area contributed by atoms with Crippen molar-refractivity contribution in [3.8, 4) is 0 Å². The number of pyridine rings is 1. The molecule has 0 saturated carbocycles. The van der Waals surface area contributed by atoms with Crippen LogP contribution in [0.1, 0.15) is 29.8 Å². The van der Waals surface area contributed by atoms with Gasteiger partial charge in [-0.15, -0.1) is 11.3 Å². The summed E-state index contributed by atoms with van der Waals surface area (Å²) in [5, 5.41) is 1.11. The van der Waals surface area contributed by atoms with Crippen LogP contribution in [0.4, 0.5) is 8.78 Å². The number of fused-ring (bicyclic) bond motifs is 2. The van der Waals surface area contributed by atoms with Crippen molar-refractivity contribution in [1.29, 1.82) is 0 Å². The summed E-state index contributed by atoms with van der Waals surface area (Å²) in [5.41, 5.74) is 0.424. The van der Waals surface area contributed by atoms with Gasteiger partial charge < -0.3 is 9.72 Å². The Hall–Kier alpha value is -2.84. The molecule has 0 aliphatic rings. The molecule has 0 amide bonds. The normalized spacial score (nSPS) is 12.4. The van der Waals surface area contributed by atoms with Crippen molar-refractivity contribution in [3.63, 3.8) is 0 Å². The zero-order chi connectivity index (χ0) is 21.4. The Bertz CT molecular complexity index is 1340. The maximum Gasteiger partial charge on any atom is 0.314 e. The molecule has 0 fully saturated rings. The summed E-state index contributed by atoms with van der Waals surface area (Å²) < 4.78 is 33.1. The first-order valence-corrected chi connectivity index (χ1v) is 10.3. The smallest absolute Gasteiger partial charge is 0.314 e. The average molecular weight is 449 g/mol. The highest BCUT2D eigenvalue weighted by Gasteiger charge is 2.24. The third-order valence-electron chi connectivity index (χ3n) is 4.75. The second-order valence-electron chi connectivity index (χ2n) is 6.65. The molecular formula is C21H15ClF2N2O3S. The maximum atomic E-state index is 13.9. The van der Waals surface area contributed by atoms with Gasteiger partial charge in [-0.05, 0) is 30.0 Å². The second-order valence-corrected chi connectivity index (χ2v) is 8.14. The van der Waals surface area contributed by atoms with Crippen LogP contribution >= 0.6 is 22.9 Å². The lowest BCUT2D eigenvalue weighted by Crippen LogP contribution is -2.23. The van der Waals surface area contributed by atoms with Gasteiger partial charge in [0.2, 0.25) is 0 Å². The SMILES string of the molecule is CCC(C(=O)OCc1nc2c(F)c(F)cc(Cl)c2s1)c1cc2ccccc2[nH]c1=O. The van der Waals surface area contributed by atoms with Crippen LogP contribution in [0.3, 0.4) is 0 Å². The van der Waals surface area contributed by atoms with Crippen molar-refractivity contribution in [1.82, 2.24) is 9.97 Å². The first-order valence-electron chi connectivity index (χ1n) is 9.10. The van der Waals surface area contributed by atoms with Gasteiger partial charge in [-0.1, -0.05) is 36.7 Å². The number of aromatic amines is 1. The van der Waals surface area contributed by atoms with Gasteiger partial charge >= 0.3 is 5.97 Å². The Morgan fingerprint density at radius 2 is 2.07 bits per heavy atom. The van der Waals surface area contributed by atoms with E-state index >= 15 is 0 Å². The molecule has 9 heteroatoms. The van der Waals surface area contributed by atoms with Crippen molar-refractivity contribution in [2.75, 3.05) is 0 Å². The molecule has 30 heavy (non-hydrogen) atoms. The summed E-state index contributed by atoms with van der Waals surface area (Å²) in [6, 6.07) is 9.82. The van der Waals surface area contributed by atoms with Crippen molar-refractivity contribution >= 4 is 50.0 Å². The van der Waals surface area contributed by atoms with Gasteiger partial charge in [0.15, 0.2) is 11.6 Å². The van der Waals surface area contributed by atoms with Gasteiger partial charge in [0.1, 0.15) is 17.1 Å². The molecular weight excluding hydrogens is 434 g/mol. The largest absolute Gasteiger partial charge is 0.458 e. The van der Waals surface area contributed by atoms with Crippen LogP contribution in [-0.4, -0.2) is 15.9 Å². The molecule has 2 heterocycles. The highest BCUT2D eigenvalue weighted by Crippen LogP contribution is 2.33. The van der Waals surface area contributed by atoms with Crippen LogP contribution < -0.4 is 5.56 Å². The molecule has 2 aromatic carbocycles. The average Bonchev–Trinajstić information content (AvgIpc) is 3.16. The number of aromatic nitrogens is 2. The fourth-order valence-corrected chi connectivity index (χ4v) is 4.44. The molecule has 0 saturated heterocycles. The summed E-state index contributed by atoms with van der Waals surface area (Å²) in [4.78, 5) is 31.9. The minimum absolute atomic E-state index is 0.0353. The van der Waals surface area contributed by atoms with Gasteiger partial charge in [0, 0.05) is 11.1 Å². The number of ether oxygens (including phenoxy) is 1. The number of esters is 1. The first kappa shape index (κ1) is 20.4. The number of H-pyrrole nitrogens is 1. The van der Waals surface area contributed by atoms with E-state index in [-0.39, 0.29) is 32.4 Å². The molecule has 1 N–H and O–H groups in total. The summed E-state index contributed by atoms with van der Waals surface area (Å²) in [5.74, 6) is -3.57. The monoisotopic (exact) mass is 448 g/mol. The highest BCUT2D eigenvalue weighted by atomic mass is 35.5. The van der Waals surface area contributed by atoms with E-state index in [0.717, 1.165) is 22.8 Å². The maximum absolute atomic E-state index is 13.9. The van der Waals surface area contributed by atoms with Gasteiger partial charge in [-0.3, -0.25) is 9.59 Å². The Morgan fingerprint density at radius 1 is 1.30 bits per heavy atom. The predicted molar refractivity (Wildman–Crippen MR) is 112 cm³/mol. The summed E-state index contributed by atoms with van der Waals surface area (Å²) in [6.07, 6.45) is 0.353. The first-order chi connectivity index (χ1) is 14.4. The number of thiazole rings is 1. The van der Waals surface area contributed by atoms with Crippen LogP contribution in [0.25, 0.3) is 21.1 Å².